The van der Waals surface area contributed by atoms with E-state index in [2.05, 4.69) is 10.6 Å². The van der Waals surface area contributed by atoms with Gasteiger partial charge in [-0.15, -0.1) is 0 Å². The van der Waals surface area contributed by atoms with E-state index >= 15 is 0 Å². The normalized spacial score (nSPS) is 13.3. The topological polar surface area (TPSA) is 98.7 Å². The van der Waals surface area contributed by atoms with Gasteiger partial charge < -0.3 is 20.8 Å². The number of nitrogens with one attached hydrogen (secondary N) is 2. The van der Waals surface area contributed by atoms with Crippen molar-refractivity contribution in [2.24, 2.45) is 11.8 Å². The lowest BCUT2D eigenvalue weighted by Crippen LogP contribution is -2.33. The van der Waals surface area contributed by atoms with Crippen LogP contribution in [0.3, 0.4) is 0 Å². The van der Waals surface area contributed by atoms with E-state index in [-0.39, 0.29) is 23.7 Å². The lowest BCUT2D eigenvalue weighted by atomic mass is 10.2. The summed E-state index contributed by atoms with van der Waals surface area (Å²) in [5.74, 6) is -0.0284. The van der Waals surface area contributed by atoms with Crippen LogP contribution in [-0.2, 0) is 9.59 Å². The Hall–Kier alpha value is -1.14. The van der Waals surface area contributed by atoms with Gasteiger partial charge in [0.25, 0.3) is 0 Å². The van der Waals surface area contributed by atoms with Crippen LogP contribution in [0, 0.1) is 11.8 Å². The predicted molar refractivity (Wildman–Crippen MR) is 79.1 cm³/mol. The third-order valence-corrected chi connectivity index (χ3v) is 2.19. The molecular weight excluding hydrogens is 260 g/mol. The Morgan fingerprint density at radius 2 is 1.00 bits per heavy atom. The summed E-state index contributed by atoms with van der Waals surface area (Å²) in [4.78, 5) is 21.7. The third kappa shape index (κ3) is 14.9. The standard InChI is InChI=1S/2C7H15NO2/c2*1-5(2)7(10)8-4-6(3)9/h2*5-6,9H,4H2,1-3H3,(H,8,10)/t2*6-/m10/s1. The molecule has 0 aromatic rings. The molecule has 0 aromatic carbocycles. The molecule has 0 saturated carbocycles. The van der Waals surface area contributed by atoms with Crippen molar-refractivity contribution in [2.75, 3.05) is 13.1 Å². The average molecular weight is 290 g/mol. The van der Waals surface area contributed by atoms with Gasteiger partial charge in [-0.05, 0) is 13.8 Å². The summed E-state index contributed by atoms with van der Waals surface area (Å²) in [5, 5.41) is 22.7. The summed E-state index contributed by atoms with van der Waals surface area (Å²) in [7, 11) is 0. The molecule has 0 bridgehead atoms. The first-order chi connectivity index (χ1) is 9.07. The van der Waals surface area contributed by atoms with Crippen LogP contribution in [0.25, 0.3) is 0 Å². The van der Waals surface area contributed by atoms with E-state index in [9.17, 15) is 9.59 Å². The minimum atomic E-state index is -0.456. The Kier molecular flexibility index (Phi) is 12.3. The monoisotopic (exact) mass is 290 g/mol. The summed E-state index contributed by atoms with van der Waals surface area (Å²) in [6, 6.07) is 0. The van der Waals surface area contributed by atoms with E-state index in [1.165, 1.54) is 0 Å². The highest BCUT2D eigenvalue weighted by Crippen LogP contribution is 1.90. The van der Waals surface area contributed by atoms with Crippen LogP contribution in [0.5, 0.6) is 0 Å². The van der Waals surface area contributed by atoms with Gasteiger partial charge in [0.05, 0.1) is 12.2 Å². The van der Waals surface area contributed by atoms with Crippen molar-refractivity contribution in [1.29, 1.82) is 0 Å². The van der Waals surface area contributed by atoms with E-state index in [4.69, 9.17) is 10.2 Å². The van der Waals surface area contributed by atoms with Gasteiger partial charge in [-0.1, -0.05) is 27.7 Å². The molecule has 0 aromatic heterocycles. The number of aliphatic hydroxyl groups is 2. The highest BCUT2D eigenvalue weighted by atomic mass is 16.3. The number of rotatable bonds is 6. The highest BCUT2D eigenvalue weighted by molar-refractivity contribution is 5.78. The summed E-state index contributed by atoms with van der Waals surface area (Å²) < 4.78 is 0. The zero-order valence-corrected chi connectivity index (χ0v) is 13.4. The molecule has 120 valence electrons. The first-order valence-electron chi connectivity index (χ1n) is 6.99. The number of aliphatic hydroxyl groups excluding tert-OH is 2. The Balaban J connectivity index is 0. The molecule has 0 unspecified atom stereocenters. The second kappa shape index (κ2) is 11.7. The van der Waals surface area contributed by atoms with Gasteiger partial charge in [0.2, 0.25) is 11.8 Å². The molecule has 0 fully saturated rings. The first-order valence-corrected chi connectivity index (χ1v) is 6.99. The number of carbonyl (C=O) groups excluding carboxylic acids is 2. The number of amides is 2. The van der Waals surface area contributed by atoms with Gasteiger partial charge in [-0.25, -0.2) is 0 Å². The predicted octanol–water partition coefficient (Wildman–Crippen LogP) is 0.279. The van der Waals surface area contributed by atoms with Crippen molar-refractivity contribution in [3.8, 4) is 0 Å². The second-order valence-corrected chi connectivity index (χ2v) is 5.50. The zero-order valence-electron chi connectivity index (χ0n) is 13.4. The van der Waals surface area contributed by atoms with Crippen molar-refractivity contribution in [2.45, 2.75) is 53.8 Å². The molecule has 2 atom stereocenters. The van der Waals surface area contributed by atoms with Crippen molar-refractivity contribution >= 4 is 11.8 Å². The van der Waals surface area contributed by atoms with Gasteiger partial charge in [-0.2, -0.15) is 0 Å². The third-order valence-electron chi connectivity index (χ3n) is 2.19. The molecule has 0 aliphatic heterocycles. The van der Waals surface area contributed by atoms with E-state index in [1.54, 1.807) is 13.8 Å². The van der Waals surface area contributed by atoms with E-state index < -0.39 is 12.2 Å². The van der Waals surface area contributed by atoms with Gasteiger partial charge in [-0.3, -0.25) is 9.59 Å². The van der Waals surface area contributed by atoms with Gasteiger partial charge in [0.15, 0.2) is 0 Å². The lowest BCUT2D eigenvalue weighted by molar-refractivity contribution is -0.125. The van der Waals surface area contributed by atoms with Crippen LogP contribution >= 0.6 is 0 Å². The molecular formula is C14H30N2O4. The minimum Gasteiger partial charge on any atom is -0.392 e. The van der Waals surface area contributed by atoms with E-state index in [1.807, 2.05) is 27.7 Å². The van der Waals surface area contributed by atoms with Crippen LogP contribution in [-0.4, -0.2) is 47.3 Å². The lowest BCUT2D eigenvalue weighted by Gasteiger charge is -2.08. The number of hydrogen-bond donors (Lipinski definition) is 4. The molecule has 2 amide bonds. The summed E-state index contributed by atoms with van der Waals surface area (Å²) in [6.45, 7) is 11.2. The van der Waals surface area contributed by atoms with Gasteiger partial charge >= 0.3 is 0 Å². The number of hydrogen-bond acceptors (Lipinski definition) is 4. The minimum absolute atomic E-state index is 0.00116. The fourth-order valence-corrected chi connectivity index (χ4v) is 0.905. The maximum Gasteiger partial charge on any atom is 0.222 e. The Morgan fingerprint density at radius 1 is 0.750 bits per heavy atom. The largest absolute Gasteiger partial charge is 0.392 e. The molecule has 0 aliphatic rings. The van der Waals surface area contributed by atoms with Crippen molar-refractivity contribution in [3.63, 3.8) is 0 Å². The zero-order chi connectivity index (χ0) is 16.3. The maximum atomic E-state index is 10.8. The first kappa shape index (κ1) is 21.2. The van der Waals surface area contributed by atoms with Crippen LogP contribution in [0.2, 0.25) is 0 Å². The van der Waals surface area contributed by atoms with Crippen LogP contribution in [0.4, 0.5) is 0 Å². The molecule has 0 spiro atoms. The highest BCUT2D eigenvalue weighted by Gasteiger charge is 2.06. The smallest absolute Gasteiger partial charge is 0.222 e. The quantitative estimate of drug-likeness (QED) is 0.564. The molecule has 4 N–H and O–H groups in total. The molecule has 0 rings (SSSR count). The molecule has 20 heavy (non-hydrogen) atoms. The Labute approximate surface area is 122 Å². The maximum absolute atomic E-state index is 10.8. The van der Waals surface area contributed by atoms with Crippen LogP contribution in [0.15, 0.2) is 0 Å². The summed E-state index contributed by atoms with van der Waals surface area (Å²) in [5.41, 5.74) is 0. The molecule has 0 radical (unpaired) electrons. The SMILES string of the molecule is CC(C)C(=O)NC[C@@H](C)O.CC(C)C(=O)NC[C@H](C)O. The Morgan fingerprint density at radius 3 is 1.15 bits per heavy atom. The fourth-order valence-electron chi connectivity index (χ4n) is 0.905. The molecule has 0 heterocycles. The molecule has 0 aliphatic carbocycles. The van der Waals surface area contributed by atoms with E-state index in [0.717, 1.165) is 0 Å². The summed E-state index contributed by atoms with van der Waals surface area (Å²) in [6.07, 6.45) is -0.912. The van der Waals surface area contributed by atoms with Gasteiger partial charge in [0.1, 0.15) is 0 Å². The molecule has 6 nitrogen and oxygen atoms in total. The van der Waals surface area contributed by atoms with Crippen LogP contribution < -0.4 is 10.6 Å². The average Bonchev–Trinajstić information content (AvgIpc) is 2.33. The van der Waals surface area contributed by atoms with E-state index in [0.29, 0.717) is 13.1 Å². The number of carbonyl (C=O) groups is 2. The molecule has 0 saturated heterocycles. The van der Waals surface area contributed by atoms with Crippen molar-refractivity contribution < 1.29 is 19.8 Å². The second-order valence-electron chi connectivity index (χ2n) is 5.50. The Bertz CT molecular complexity index is 248. The van der Waals surface area contributed by atoms with Gasteiger partial charge in [0, 0.05) is 24.9 Å². The van der Waals surface area contributed by atoms with Crippen molar-refractivity contribution in [1.82, 2.24) is 10.6 Å². The van der Waals surface area contributed by atoms with Crippen LogP contribution in [0.1, 0.15) is 41.5 Å². The molecule has 6 heteroatoms. The van der Waals surface area contributed by atoms with Crippen molar-refractivity contribution in [3.05, 3.63) is 0 Å². The summed E-state index contributed by atoms with van der Waals surface area (Å²) >= 11 is 0. The fraction of sp³-hybridized carbons (Fsp3) is 0.857.